The van der Waals surface area contributed by atoms with Crippen LogP contribution in [0, 0.1) is 16.0 Å². The molecular weight excluding hydrogens is 681 g/mol. The van der Waals surface area contributed by atoms with E-state index in [0.717, 1.165) is 41.4 Å². The number of methoxy groups -OCH3 is 1. The van der Waals surface area contributed by atoms with E-state index in [4.69, 9.17) is 9.47 Å². The molecule has 52 heavy (non-hydrogen) atoms. The number of benzene rings is 3. The summed E-state index contributed by atoms with van der Waals surface area (Å²) in [4.78, 5) is 58.6. The van der Waals surface area contributed by atoms with Gasteiger partial charge in [-0.05, 0) is 60.7 Å². The highest BCUT2D eigenvalue weighted by molar-refractivity contribution is 6.91. The van der Waals surface area contributed by atoms with Crippen molar-refractivity contribution in [3.8, 4) is 5.75 Å². The fourth-order valence-corrected chi connectivity index (χ4v) is 13.4. The van der Waals surface area contributed by atoms with Gasteiger partial charge >= 0.3 is 0 Å². The second-order valence-electron chi connectivity index (χ2n) is 15.1. The number of ether oxygens (including phenoxy) is 2. The van der Waals surface area contributed by atoms with E-state index >= 15 is 4.79 Å². The van der Waals surface area contributed by atoms with E-state index in [2.05, 4.69) is 13.1 Å². The zero-order chi connectivity index (χ0) is 36.9. The van der Waals surface area contributed by atoms with Crippen LogP contribution in [0.4, 0.5) is 17.1 Å². The third kappa shape index (κ3) is 5.88. The molecule has 5 atom stereocenters. The fraction of sp³-hybridized carbons (Fsp3) is 0.462. The third-order valence-corrected chi connectivity index (χ3v) is 16.3. The maximum Gasteiger partial charge on any atom is 0.269 e. The molecule has 0 bridgehead atoms. The Bertz CT molecular complexity index is 1900. The Morgan fingerprint density at radius 2 is 1.85 bits per heavy atom. The van der Waals surface area contributed by atoms with E-state index in [0.29, 0.717) is 30.8 Å². The molecule has 12 nitrogen and oxygen atoms in total. The van der Waals surface area contributed by atoms with Crippen molar-refractivity contribution in [1.29, 1.82) is 0 Å². The van der Waals surface area contributed by atoms with Gasteiger partial charge in [-0.2, -0.15) is 0 Å². The van der Waals surface area contributed by atoms with Crippen LogP contribution in [0.3, 0.4) is 0 Å². The maximum atomic E-state index is 15.2. The molecule has 13 heteroatoms. The number of likely N-dealkylation sites (tertiary alicyclic amines) is 1. The molecule has 3 saturated heterocycles. The van der Waals surface area contributed by atoms with E-state index in [1.165, 1.54) is 12.1 Å². The van der Waals surface area contributed by atoms with Crippen molar-refractivity contribution in [3.05, 3.63) is 88.0 Å². The lowest BCUT2D eigenvalue weighted by atomic mass is 9.82. The van der Waals surface area contributed by atoms with Gasteiger partial charge in [-0.3, -0.25) is 24.5 Å². The van der Waals surface area contributed by atoms with Crippen LogP contribution >= 0.6 is 0 Å². The molecule has 0 unspecified atom stereocenters. The minimum absolute atomic E-state index is 0.0172. The van der Waals surface area contributed by atoms with E-state index < -0.39 is 30.6 Å². The normalized spacial score (nSPS) is 25.8. The minimum atomic E-state index is -2.59. The molecule has 3 aromatic carbocycles. The van der Waals surface area contributed by atoms with Gasteiger partial charge in [0.1, 0.15) is 5.75 Å². The number of carbonyl (C=O) groups is 3. The highest BCUT2D eigenvalue weighted by atomic mass is 28.3. The standard InChI is InChI=1S/C39H46N4O8Si/c1-25-37(52(3,4)31-15-13-30(50-2)14-16-31)34(22-36(46)41-18-6-10-29(41)24-44)51-39(25)32-21-28(43(48)49)12-17-33(32)42(38(39)47)23-26-8-5-9-27(20-26)40-19-7-11-35(40)45/h5,8-9,12-17,20-21,25,29,34,37,44H,6-7,10-11,18-19,22-24H2,1-4H3/t25-,29+,34+,37-,39+/m1/s1. The number of aliphatic hydroxyl groups is 1. The predicted molar refractivity (Wildman–Crippen MR) is 198 cm³/mol. The Balaban J connectivity index is 1.32. The number of carbonyl (C=O) groups excluding carboxylic acids is 3. The van der Waals surface area contributed by atoms with Gasteiger partial charge in [-0.1, -0.05) is 49.5 Å². The average Bonchev–Trinajstić information content (AvgIpc) is 3.91. The second kappa shape index (κ2) is 13.8. The van der Waals surface area contributed by atoms with Crippen molar-refractivity contribution in [3.63, 3.8) is 0 Å². The van der Waals surface area contributed by atoms with E-state index in [-0.39, 0.29) is 54.6 Å². The van der Waals surface area contributed by atoms with Crippen molar-refractivity contribution >= 4 is 48.0 Å². The maximum absolute atomic E-state index is 15.2. The van der Waals surface area contributed by atoms with Crippen LogP contribution in [0.2, 0.25) is 18.6 Å². The number of non-ortho nitro benzene ring substituents is 1. The first kappa shape index (κ1) is 35.8. The number of fused-ring (bicyclic) bond motifs is 2. The van der Waals surface area contributed by atoms with Gasteiger partial charge in [-0.15, -0.1) is 0 Å². The molecule has 274 valence electrons. The van der Waals surface area contributed by atoms with Gasteiger partial charge in [0, 0.05) is 48.8 Å². The SMILES string of the molecule is COc1ccc([Si](C)(C)[C@H]2[C@H](CC(=O)N3CCC[C@H]3CO)O[C@@]3(C(=O)N(Cc4cccc(N5CCCC5=O)c4)c4ccc([N+](=O)[O-])cc43)[C@@H]2C)cc1. The number of rotatable bonds is 10. The molecule has 4 aliphatic rings. The van der Waals surface area contributed by atoms with Crippen LogP contribution in [0.15, 0.2) is 66.7 Å². The fourth-order valence-electron chi connectivity index (χ4n) is 9.34. The summed E-state index contributed by atoms with van der Waals surface area (Å²) >= 11 is 0. The summed E-state index contributed by atoms with van der Waals surface area (Å²) in [5.41, 5.74) is 0.544. The van der Waals surface area contributed by atoms with Crippen molar-refractivity contribution < 1.29 is 33.9 Å². The lowest BCUT2D eigenvalue weighted by molar-refractivity contribution is -0.385. The number of hydrogen-bond acceptors (Lipinski definition) is 8. The zero-order valence-corrected chi connectivity index (χ0v) is 31.1. The molecule has 3 fully saturated rings. The van der Waals surface area contributed by atoms with E-state index in [1.807, 2.05) is 55.5 Å². The first-order valence-corrected chi connectivity index (χ1v) is 21.2. The topological polar surface area (TPSA) is 143 Å². The number of aliphatic hydroxyl groups excluding tert-OH is 1. The number of anilines is 2. The monoisotopic (exact) mass is 726 g/mol. The summed E-state index contributed by atoms with van der Waals surface area (Å²) in [6, 6.07) is 19.8. The highest BCUT2D eigenvalue weighted by Crippen LogP contribution is 2.60. The Labute approximate surface area is 304 Å². The van der Waals surface area contributed by atoms with Crippen LogP contribution in [0.25, 0.3) is 0 Å². The van der Waals surface area contributed by atoms with E-state index in [9.17, 15) is 24.8 Å². The molecule has 3 amide bonds. The smallest absolute Gasteiger partial charge is 0.269 e. The Kier molecular flexibility index (Phi) is 9.47. The predicted octanol–water partition coefficient (Wildman–Crippen LogP) is 4.87. The van der Waals surface area contributed by atoms with Crippen molar-refractivity contribution in [2.24, 2.45) is 5.92 Å². The molecule has 0 aromatic heterocycles. The Hall–Kier alpha value is -4.59. The lowest BCUT2D eigenvalue weighted by Crippen LogP contribution is -2.52. The number of amides is 3. The molecule has 4 heterocycles. The third-order valence-electron chi connectivity index (χ3n) is 12.0. The summed E-state index contributed by atoms with van der Waals surface area (Å²) < 4.78 is 12.5. The molecule has 4 aliphatic heterocycles. The van der Waals surface area contributed by atoms with Crippen LogP contribution in [-0.4, -0.2) is 79.7 Å². The summed E-state index contributed by atoms with van der Waals surface area (Å²) in [6.45, 7) is 7.66. The van der Waals surface area contributed by atoms with Crippen LogP contribution in [-0.2, 0) is 31.3 Å². The van der Waals surface area contributed by atoms with E-state index in [1.54, 1.807) is 27.9 Å². The molecular formula is C39H46N4O8Si. The molecule has 0 radical (unpaired) electrons. The summed E-state index contributed by atoms with van der Waals surface area (Å²) in [5.74, 6) is -0.142. The summed E-state index contributed by atoms with van der Waals surface area (Å²) in [6.07, 6.45) is 2.15. The molecule has 0 saturated carbocycles. The molecule has 3 aromatic rings. The van der Waals surface area contributed by atoms with Gasteiger partial charge < -0.3 is 29.3 Å². The lowest BCUT2D eigenvalue weighted by Gasteiger charge is -2.37. The number of nitro benzene ring substituents is 1. The Morgan fingerprint density at radius 1 is 1.08 bits per heavy atom. The van der Waals surface area contributed by atoms with Gasteiger partial charge in [0.25, 0.3) is 11.6 Å². The van der Waals surface area contributed by atoms with Crippen LogP contribution in [0.5, 0.6) is 5.75 Å². The molecule has 0 aliphatic carbocycles. The minimum Gasteiger partial charge on any atom is -0.497 e. The second-order valence-corrected chi connectivity index (χ2v) is 19.8. The van der Waals surface area contributed by atoms with Gasteiger partial charge in [0.2, 0.25) is 11.8 Å². The van der Waals surface area contributed by atoms with Gasteiger partial charge in [0.05, 0.1) is 57.5 Å². The van der Waals surface area contributed by atoms with Crippen LogP contribution < -0.4 is 19.7 Å². The number of nitrogens with zero attached hydrogens (tertiary/aromatic N) is 4. The molecule has 7 rings (SSSR count). The largest absolute Gasteiger partial charge is 0.497 e. The Morgan fingerprint density at radius 3 is 2.52 bits per heavy atom. The zero-order valence-electron chi connectivity index (χ0n) is 30.1. The number of hydrogen-bond donors (Lipinski definition) is 1. The van der Waals surface area contributed by atoms with Crippen molar-refractivity contribution in [2.75, 3.05) is 36.6 Å². The summed E-state index contributed by atoms with van der Waals surface area (Å²) in [7, 11) is -0.973. The summed E-state index contributed by atoms with van der Waals surface area (Å²) in [5, 5.41) is 23.3. The average molecular weight is 727 g/mol. The molecule has 1 N–H and O–H groups in total. The van der Waals surface area contributed by atoms with Crippen molar-refractivity contribution in [2.45, 2.75) is 82.0 Å². The van der Waals surface area contributed by atoms with Gasteiger partial charge in [0.15, 0.2) is 5.60 Å². The van der Waals surface area contributed by atoms with Gasteiger partial charge in [-0.25, -0.2) is 0 Å². The number of nitro groups is 1. The quantitative estimate of drug-likeness (QED) is 0.177. The van der Waals surface area contributed by atoms with Crippen molar-refractivity contribution in [1.82, 2.24) is 4.90 Å². The molecule has 1 spiro atoms. The highest BCUT2D eigenvalue weighted by Gasteiger charge is 2.67. The first-order chi connectivity index (χ1) is 24.9. The first-order valence-electron chi connectivity index (χ1n) is 18.1. The van der Waals surface area contributed by atoms with Crippen LogP contribution in [0.1, 0.15) is 50.2 Å².